The van der Waals surface area contributed by atoms with Crippen LogP contribution in [0.25, 0.3) is 0 Å². The second kappa shape index (κ2) is 4.94. The fraction of sp³-hybridized carbons (Fsp3) is 0.308. The third-order valence-corrected chi connectivity index (χ3v) is 2.82. The summed E-state index contributed by atoms with van der Waals surface area (Å²) in [5.74, 6) is 0. The lowest BCUT2D eigenvalue weighted by Gasteiger charge is -2.11. The molecule has 2 N–H and O–H groups in total. The lowest BCUT2D eigenvalue weighted by Crippen LogP contribution is -2.14. The number of hydrogen-bond donors (Lipinski definition) is 1. The molecule has 0 amide bonds. The van der Waals surface area contributed by atoms with E-state index in [0.717, 1.165) is 18.5 Å². The third kappa shape index (κ3) is 2.49. The van der Waals surface area contributed by atoms with E-state index in [0.29, 0.717) is 0 Å². The number of aromatic nitrogens is 2. The second-order valence-electron chi connectivity index (χ2n) is 4.06. The topological polar surface area (TPSA) is 43.8 Å². The molecule has 0 aliphatic rings. The van der Waals surface area contributed by atoms with E-state index in [4.69, 9.17) is 5.73 Å². The molecule has 84 valence electrons. The number of nitrogens with two attached hydrogens (primary N) is 1. The molecular formula is C13H17N3. The molecule has 16 heavy (non-hydrogen) atoms. The van der Waals surface area contributed by atoms with Crippen molar-refractivity contribution >= 4 is 0 Å². The summed E-state index contributed by atoms with van der Waals surface area (Å²) in [4.78, 5) is 4.08. The number of rotatable bonds is 4. The Morgan fingerprint density at radius 3 is 2.69 bits per heavy atom. The van der Waals surface area contributed by atoms with Gasteiger partial charge in [-0.3, -0.25) is 0 Å². The Balaban J connectivity index is 1.94. The molecule has 1 aromatic heterocycles. The third-order valence-electron chi connectivity index (χ3n) is 2.82. The van der Waals surface area contributed by atoms with Crippen molar-refractivity contribution in [1.82, 2.24) is 9.55 Å². The summed E-state index contributed by atoms with van der Waals surface area (Å²) in [5, 5.41) is 0. The van der Waals surface area contributed by atoms with Crippen LogP contribution in [0.5, 0.6) is 0 Å². The molecule has 1 aromatic carbocycles. The van der Waals surface area contributed by atoms with E-state index in [1.165, 1.54) is 5.56 Å². The lowest BCUT2D eigenvalue weighted by molar-refractivity contribution is 0.607. The maximum Gasteiger partial charge on any atom is 0.0946 e. The first-order valence-electron chi connectivity index (χ1n) is 5.53. The molecule has 2 rings (SSSR count). The Bertz CT molecular complexity index is 433. The van der Waals surface area contributed by atoms with Gasteiger partial charge in [0.2, 0.25) is 0 Å². The van der Waals surface area contributed by atoms with Gasteiger partial charge in [-0.15, -0.1) is 0 Å². The zero-order chi connectivity index (χ0) is 11.4. The highest BCUT2D eigenvalue weighted by Gasteiger charge is 2.09. The summed E-state index contributed by atoms with van der Waals surface area (Å²) in [6.45, 7) is 0. The average Bonchev–Trinajstić information content (AvgIpc) is 2.74. The van der Waals surface area contributed by atoms with Gasteiger partial charge in [0.05, 0.1) is 12.0 Å². The fourth-order valence-corrected chi connectivity index (χ4v) is 1.84. The standard InChI is InChI=1S/C13H17N3/c1-16-10-15-9-13(16)12(14)8-7-11-5-3-2-4-6-11/h2-6,9-10,12H,7-8,14H2,1H3. The first-order chi connectivity index (χ1) is 7.77. The summed E-state index contributed by atoms with van der Waals surface area (Å²) in [6, 6.07) is 10.5. The molecule has 3 nitrogen and oxygen atoms in total. The van der Waals surface area contributed by atoms with Crippen molar-refractivity contribution in [1.29, 1.82) is 0 Å². The molecule has 1 heterocycles. The molecule has 3 heteroatoms. The van der Waals surface area contributed by atoms with Crippen LogP contribution in [0.15, 0.2) is 42.9 Å². The van der Waals surface area contributed by atoms with Gasteiger partial charge in [0, 0.05) is 19.3 Å². The van der Waals surface area contributed by atoms with Gasteiger partial charge in [0.25, 0.3) is 0 Å². The highest BCUT2D eigenvalue weighted by Crippen LogP contribution is 2.15. The van der Waals surface area contributed by atoms with Crippen LogP contribution in [-0.4, -0.2) is 9.55 Å². The highest BCUT2D eigenvalue weighted by molar-refractivity contribution is 5.15. The Morgan fingerprint density at radius 1 is 1.31 bits per heavy atom. The predicted octanol–water partition coefficient (Wildman–Crippen LogP) is 2.05. The molecule has 0 spiro atoms. The van der Waals surface area contributed by atoms with Crippen LogP contribution in [0.3, 0.4) is 0 Å². The van der Waals surface area contributed by atoms with Crippen molar-refractivity contribution in [3.8, 4) is 0 Å². The van der Waals surface area contributed by atoms with Crippen LogP contribution in [0.1, 0.15) is 23.7 Å². The fourth-order valence-electron chi connectivity index (χ4n) is 1.84. The Labute approximate surface area is 95.9 Å². The highest BCUT2D eigenvalue weighted by atomic mass is 15.0. The molecule has 1 atom stereocenters. The quantitative estimate of drug-likeness (QED) is 0.848. The second-order valence-corrected chi connectivity index (χ2v) is 4.06. The SMILES string of the molecule is Cn1cncc1C(N)CCc1ccccc1. The number of hydrogen-bond acceptors (Lipinski definition) is 2. The summed E-state index contributed by atoms with van der Waals surface area (Å²) in [6.07, 6.45) is 5.59. The van der Waals surface area contributed by atoms with Crippen molar-refractivity contribution in [2.75, 3.05) is 0 Å². The van der Waals surface area contributed by atoms with Gasteiger partial charge in [0.1, 0.15) is 0 Å². The molecule has 0 aliphatic carbocycles. The van der Waals surface area contributed by atoms with Gasteiger partial charge < -0.3 is 10.3 Å². The van der Waals surface area contributed by atoms with Gasteiger partial charge in [-0.05, 0) is 18.4 Å². The molecule has 0 radical (unpaired) electrons. The van der Waals surface area contributed by atoms with Crippen LogP contribution in [-0.2, 0) is 13.5 Å². The van der Waals surface area contributed by atoms with Crippen molar-refractivity contribution < 1.29 is 0 Å². The molecular weight excluding hydrogens is 198 g/mol. The normalized spacial score (nSPS) is 12.6. The lowest BCUT2D eigenvalue weighted by atomic mass is 10.0. The van der Waals surface area contributed by atoms with Crippen molar-refractivity contribution in [2.45, 2.75) is 18.9 Å². The maximum absolute atomic E-state index is 6.13. The van der Waals surface area contributed by atoms with Gasteiger partial charge in [-0.2, -0.15) is 0 Å². The van der Waals surface area contributed by atoms with Crippen LogP contribution in [0, 0.1) is 0 Å². The van der Waals surface area contributed by atoms with Crippen molar-refractivity contribution in [3.63, 3.8) is 0 Å². The molecule has 1 unspecified atom stereocenters. The molecule has 0 fully saturated rings. The monoisotopic (exact) mass is 215 g/mol. The van der Waals surface area contributed by atoms with E-state index in [2.05, 4.69) is 29.2 Å². The molecule has 0 saturated carbocycles. The first kappa shape index (κ1) is 10.9. The molecule has 0 saturated heterocycles. The first-order valence-corrected chi connectivity index (χ1v) is 5.53. The van der Waals surface area contributed by atoms with E-state index in [9.17, 15) is 0 Å². The number of imidazole rings is 1. The van der Waals surface area contributed by atoms with Gasteiger partial charge in [0.15, 0.2) is 0 Å². The average molecular weight is 215 g/mol. The van der Waals surface area contributed by atoms with Crippen molar-refractivity contribution in [3.05, 3.63) is 54.1 Å². The minimum atomic E-state index is 0.0627. The van der Waals surface area contributed by atoms with E-state index in [1.54, 1.807) is 6.33 Å². The summed E-state index contributed by atoms with van der Waals surface area (Å²) in [5.41, 5.74) is 8.55. The van der Waals surface area contributed by atoms with E-state index in [1.807, 2.05) is 23.9 Å². The summed E-state index contributed by atoms with van der Waals surface area (Å²) >= 11 is 0. The largest absolute Gasteiger partial charge is 0.336 e. The van der Waals surface area contributed by atoms with Crippen molar-refractivity contribution in [2.24, 2.45) is 12.8 Å². The van der Waals surface area contributed by atoms with Crippen LogP contribution >= 0.6 is 0 Å². The maximum atomic E-state index is 6.13. The number of aryl methyl sites for hydroxylation is 2. The Kier molecular flexibility index (Phi) is 3.37. The van der Waals surface area contributed by atoms with Crippen LogP contribution in [0.4, 0.5) is 0 Å². The van der Waals surface area contributed by atoms with E-state index >= 15 is 0 Å². The van der Waals surface area contributed by atoms with Crippen LogP contribution < -0.4 is 5.73 Å². The minimum Gasteiger partial charge on any atom is -0.336 e. The molecule has 2 aromatic rings. The van der Waals surface area contributed by atoms with Gasteiger partial charge in [-0.25, -0.2) is 4.98 Å². The number of nitrogens with zero attached hydrogens (tertiary/aromatic N) is 2. The van der Waals surface area contributed by atoms with Gasteiger partial charge >= 0.3 is 0 Å². The smallest absolute Gasteiger partial charge is 0.0946 e. The van der Waals surface area contributed by atoms with Gasteiger partial charge in [-0.1, -0.05) is 30.3 Å². The Hall–Kier alpha value is -1.61. The van der Waals surface area contributed by atoms with Crippen LogP contribution in [0.2, 0.25) is 0 Å². The summed E-state index contributed by atoms with van der Waals surface area (Å²) in [7, 11) is 1.98. The molecule has 0 bridgehead atoms. The summed E-state index contributed by atoms with van der Waals surface area (Å²) < 4.78 is 1.98. The zero-order valence-corrected chi connectivity index (χ0v) is 9.50. The zero-order valence-electron chi connectivity index (χ0n) is 9.50. The van der Waals surface area contributed by atoms with E-state index < -0.39 is 0 Å². The minimum absolute atomic E-state index is 0.0627. The van der Waals surface area contributed by atoms with E-state index in [-0.39, 0.29) is 6.04 Å². The molecule has 0 aliphatic heterocycles. The predicted molar refractivity (Wildman–Crippen MR) is 64.9 cm³/mol. The number of benzene rings is 1. The Morgan fingerprint density at radius 2 is 2.06 bits per heavy atom.